The van der Waals surface area contributed by atoms with Gasteiger partial charge in [0.2, 0.25) is 5.91 Å². The SMILES string of the molecule is C[C@@H]1CCCC[C@@H]1Oc1ccc(CN2Cc3ccc(-c4ncc(N5CCC(=O)NC5=O)n4C)nc3[C@H]2C)cc1. The van der Waals surface area contributed by atoms with Crippen molar-refractivity contribution in [3.63, 3.8) is 0 Å². The molecule has 6 rings (SSSR count). The zero-order valence-electron chi connectivity index (χ0n) is 22.9. The molecule has 1 N–H and O–H groups in total. The van der Waals surface area contributed by atoms with Crippen LogP contribution in [0.5, 0.6) is 5.75 Å². The number of imidazole rings is 1. The summed E-state index contributed by atoms with van der Waals surface area (Å²) in [7, 11) is 1.87. The zero-order chi connectivity index (χ0) is 27.1. The molecule has 2 aromatic heterocycles. The average molecular weight is 529 g/mol. The van der Waals surface area contributed by atoms with Gasteiger partial charge < -0.3 is 9.30 Å². The van der Waals surface area contributed by atoms with E-state index in [1.165, 1.54) is 30.4 Å². The Morgan fingerprint density at radius 3 is 2.62 bits per heavy atom. The highest BCUT2D eigenvalue weighted by Gasteiger charge is 2.31. The van der Waals surface area contributed by atoms with E-state index < -0.39 is 6.03 Å². The molecule has 2 aliphatic heterocycles. The molecule has 204 valence electrons. The smallest absolute Gasteiger partial charge is 0.329 e. The zero-order valence-corrected chi connectivity index (χ0v) is 22.9. The van der Waals surface area contributed by atoms with Crippen molar-refractivity contribution in [3.05, 3.63) is 59.4 Å². The number of urea groups is 1. The van der Waals surface area contributed by atoms with Gasteiger partial charge in [0.15, 0.2) is 5.82 Å². The Balaban J connectivity index is 1.13. The number of hydrogen-bond donors (Lipinski definition) is 1. The average Bonchev–Trinajstić information content (AvgIpc) is 3.45. The Hall–Kier alpha value is -3.72. The quantitative estimate of drug-likeness (QED) is 0.486. The highest BCUT2D eigenvalue weighted by molar-refractivity contribution is 6.05. The molecule has 0 bridgehead atoms. The first-order valence-electron chi connectivity index (χ1n) is 14.0. The molecule has 0 spiro atoms. The number of nitrogens with one attached hydrogen (secondary N) is 1. The third-order valence-electron chi connectivity index (χ3n) is 8.48. The number of aromatic nitrogens is 3. The number of carbonyl (C=O) groups excluding carboxylic acids is 2. The summed E-state index contributed by atoms with van der Waals surface area (Å²) in [6.45, 7) is 6.51. The first kappa shape index (κ1) is 25.6. The predicted molar refractivity (Wildman–Crippen MR) is 148 cm³/mol. The molecule has 1 saturated carbocycles. The predicted octanol–water partition coefficient (Wildman–Crippen LogP) is 4.96. The van der Waals surface area contributed by atoms with E-state index in [0.29, 0.717) is 30.2 Å². The monoisotopic (exact) mass is 528 g/mol. The Labute approximate surface area is 229 Å². The largest absolute Gasteiger partial charge is 0.490 e. The molecular weight excluding hydrogens is 492 g/mol. The molecule has 9 heteroatoms. The first-order valence-corrected chi connectivity index (χ1v) is 14.0. The first-order chi connectivity index (χ1) is 18.9. The van der Waals surface area contributed by atoms with Crippen LogP contribution in [0.3, 0.4) is 0 Å². The van der Waals surface area contributed by atoms with Gasteiger partial charge in [0.1, 0.15) is 23.4 Å². The van der Waals surface area contributed by atoms with E-state index in [1.807, 2.05) is 17.7 Å². The highest BCUT2D eigenvalue weighted by Crippen LogP contribution is 2.35. The van der Waals surface area contributed by atoms with Crippen molar-refractivity contribution < 1.29 is 14.3 Å². The number of ether oxygens (including phenoxy) is 1. The summed E-state index contributed by atoms with van der Waals surface area (Å²) in [6.07, 6.45) is 7.24. The number of hydrogen-bond acceptors (Lipinski definition) is 6. The van der Waals surface area contributed by atoms with Crippen molar-refractivity contribution in [1.82, 2.24) is 24.8 Å². The number of imide groups is 1. The summed E-state index contributed by atoms with van der Waals surface area (Å²) in [5.74, 6) is 2.65. The summed E-state index contributed by atoms with van der Waals surface area (Å²) in [6, 6.07) is 12.5. The van der Waals surface area contributed by atoms with Gasteiger partial charge in [0.05, 0.1) is 17.9 Å². The lowest BCUT2D eigenvalue weighted by Crippen LogP contribution is -2.50. The second-order valence-electron chi connectivity index (χ2n) is 11.1. The molecule has 0 radical (unpaired) electrons. The summed E-state index contributed by atoms with van der Waals surface area (Å²) >= 11 is 0. The van der Waals surface area contributed by atoms with Crippen LogP contribution < -0.4 is 15.0 Å². The van der Waals surface area contributed by atoms with Gasteiger partial charge in [0, 0.05) is 33.1 Å². The molecule has 9 nitrogen and oxygen atoms in total. The van der Waals surface area contributed by atoms with Crippen molar-refractivity contribution in [2.45, 2.75) is 71.2 Å². The summed E-state index contributed by atoms with van der Waals surface area (Å²) in [4.78, 5) is 37.4. The molecule has 4 heterocycles. The van der Waals surface area contributed by atoms with Gasteiger partial charge in [-0.1, -0.05) is 31.5 Å². The van der Waals surface area contributed by atoms with Crippen molar-refractivity contribution in [2.75, 3.05) is 11.4 Å². The molecule has 3 aromatic rings. The van der Waals surface area contributed by atoms with E-state index in [0.717, 1.165) is 36.6 Å². The van der Waals surface area contributed by atoms with Crippen molar-refractivity contribution in [3.8, 4) is 17.3 Å². The molecule has 39 heavy (non-hydrogen) atoms. The van der Waals surface area contributed by atoms with Crippen LogP contribution in [0, 0.1) is 5.92 Å². The summed E-state index contributed by atoms with van der Waals surface area (Å²) < 4.78 is 8.17. The van der Waals surface area contributed by atoms with E-state index in [9.17, 15) is 9.59 Å². The number of nitrogens with zero attached hydrogens (tertiary/aromatic N) is 5. The van der Waals surface area contributed by atoms with Crippen LogP contribution >= 0.6 is 0 Å². The Kier molecular flexibility index (Phi) is 6.85. The van der Waals surface area contributed by atoms with Gasteiger partial charge in [-0.2, -0.15) is 0 Å². The fourth-order valence-corrected chi connectivity index (χ4v) is 6.06. The third-order valence-corrected chi connectivity index (χ3v) is 8.48. The van der Waals surface area contributed by atoms with Gasteiger partial charge in [-0.25, -0.2) is 14.8 Å². The van der Waals surface area contributed by atoms with Crippen molar-refractivity contribution in [2.24, 2.45) is 13.0 Å². The van der Waals surface area contributed by atoms with E-state index in [4.69, 9.17) is 9.72 Å². The molecule has 0 unspecified atom stereocenters. The van der Waals surface area contributed by atoms with Crippen LogP contribution in [-0.2, 0) is 24.9 Å². The molecule has 3 aliphatic rings. The van der Waals surface area contributed by atoms with E-state index in [1.54, 1.807) is 11.1 Å². The number of amides is 3. The minimum atomic E-state index is -0.421. The second-order valence-corrected chi connectivity index (χ2v) is 11.1. The lowest BCUT2D eigenvalue weighted by Gasteiger charge is -2.29. The maximum absolute atomic E-state index is 12.3. The van der Waals surface area contributed by atoms with E-state index in [-0.39, 0.29) is 18.4 Å². The van der Waals surface area contributed by atoms with Crippen LogP contribution in [0.1, 0.15) is 68.8 Å². The number of carbonyl (C=O) groups is 2. The van der Waals surface area contributed by atoms with Crippen LogP contribution in [0.15, 0.2) is 42.6 Å². The minimum absolute atomic E-state index is 0.164. The molecular formula is C30H36N6O3. The van der Waals surface area contributed by atoms with Crippen LogP contribution in [0.25, 0.3) is 11.5 Å². The molecule has 3 amide bonds. The third kappa shape index (κ3) is 5.03. The summed E-state index contributed by atoms with van der Waals surface area (Å²) in [5, 5.41) is 2.37. The number of pyridine rings is 1. The van der Waals surface area contributed by atoms with Gasteiger partial charge in [-0.3, -0.25) is 19.9 Å². The fourth-order valence-electron chi connectivity index (χ4n) is 6.06. The summed E-state index contributed by atoms with van der Waals surface area (Å²) in [5.41, 5.74) is 4.31. The maximum Gasteiger partial charge on any atom is 0.329 e. The maximum atomic E-state index is 12.3. The lowest BCUT2D eigenvalue weighted by atomic mass is 9.88. The Morgan fingerprint density at radius 2 is 1.85 bits per heavy atom. The van der Waals surface area contributed by atoms with Gasteiger partial charge in [-0.05, 0) is 61.4 Å². The molecule has 3 atom stereocenters. The lowest BCUT2D eigenvalue weighted by molar-refractivity contribution is -0.120. The number of rotatable bonds is 6. The van der Waals surface area contributed by atoms with Gasteiger partial charge in [0.25, 0.3) is 0 Å². The van der Waals surface area contributed by atoms with Crippen molar-refractivity contribution >= 4 is 17.8 Å². The number of fused-ring (bicyclic) bond motifs is 1. The minimum Gasteiger partial charge on any atom is -0.490 e. The standard InChI is InChI=1S/C30H36N6O3/c1-19-6-4-5-7-25(19)39-23-11-8-21(9-12-23)17-35-18-22-10-13-24(32-28(22)20(35)2)29-31-16-27(34(29)3)36-15-14-26(37)33-30(36)38/h8-13,16,19-20,25H,4-7,14-15,17-18H2,1-3H3,(H,33,37,38)/t19-,20-,25+/m1/s1. The fraction of sp³-hybridized carbons (Fsp3) is 0.467. The van der Waals surface area contributed by atoms with Crippen molar-refractivity contribution in [1.29, 1.82) is 0 Å². The number of benzene rings is 1. The van der Waals surface area contributed by atoms with Crippen LogP contribution in [0.2, 0.25) is 0 Å². The molecule has 1 aliphatic carbocycles. The van der Waals surface area contributed by atoms with E-state index in [2.05, 4.69) is 59.4 Å². The molecule has 2 fully saturated rings. The van der Waals surface area contributed by atoms with Crippen LogP contribution in [-0.4, -0.2) is 44.0 Å². The molecule has 1 aromatic carbocycles. The second kappa shape index (κ2) is 10.4. The topological polar surface area (TPSA) is 92.6 Å². The number of anilines is 1. The molecule has 1 saturated heterocycles. The highest BCUT2D eigenvalue weighted by atomic mass is 16.5. The Morgan fingerprint density at radius 1 is 1.05 bits per heavy atom. The van der Waals surface area contributed by atoms with Gasteiger partial charge in [-0.15, -0.1) is 0 Å². The normalized spacial score (nSPS) is 23.6. The van der Waals surface area contributed by atoms with Crippen LogP contribution in [0.4, 0.5) is 10.6 Å². The van der Waals surface area contributed by atoms with Gasteiger partial charge >= 0.3 is 6.03 Å². The Bertz CT molecular complexity index is 1380. The van der Waals surface area contributed by atoms with E-state index >= 15 is 0 Å².